The van der Waals surface area contributed by atoms with Gasteiger partial charge in [-0.15, -0.1) is 16.2 Å². The van der Waals surface area contributed by atoms with Crippen LogP contribution in [0, 0.1) is 4.91 Å². The number of aliphatic hydroxyl groups excluding tert-OH is 1. The molecule has 0 aliphatic carbocycles. The zero-order valence-electron chi connectivity index (χ0n) is 6.14. The molecule has 1 heterocycles. The maximum atomic E-state index is 10.5. The van der Waals surface area contributed by atoms with Gasteiger partial charge in [-0.2, -0.15) is 0 Å². The van der Waals surface area contributed by atoms with Crippen molar-refractivity contribution in [1.82, 2.24) is 0 Å². The number of nitroso groups, excluding NO2 is 1. The molecule has 5 heteroatoms. The quantitative estimate of drug-likeness (QED) is 0.725. The van der Waals surface area contributed by atoms with Crippen LogP contribution in [0.2, 0.25) is 0 Å². The number of rotatable bonds is 3. The van der Waals surface area contributed by atoms with Gasteiger partial charge >= 0.3 is 0 Å². The second kappa shape index (κ2) is 4.08. The molecule has 0 aliphatic rings. The fourth-order valence-electron chi connectivity index (χ4n) is 0.784. The lowest BCUT2D eigenvalue weighted by Crippen LogP contribution is -2.01. The summed E-state index contributed by atoms with van der Waals surface area (Å²) in [7, 11) is 0. The van der Waals surface area contributed by atoms with E-state index in [0.717, 1.165) is 0 Å². The summed E-state index contributed by atoms with van der Waals surface area (Å²) < 4.78 is 0. The van der Waals surface area contributed by atoms with Crippen molar-refractivity contribution in [1.29, 1.82) is 0 Å². The minimum atomic E-state index is -0.893. The lowest BCUT2D eigenvalue weighted by Gasteiger charge is -2.02. The molecule has 0 saturated heterocycles. The van der Waals surface area contributed by atoms with E-state index in [-0.39, 0.29) is 6.42 Å². The second-order valence-electron chi connectivity index (χ2n) is 2.22. The third kappa shape index (κ3) is 2.21. The number of amides is 1. The first-order valence-corrected chi connectivity index (χ1v) is 4.19. The van der Waals surface area contributed by atoms with Crippen LogP contribution in [0.3, 0.4) is 0 Å². The van der Waals surface area contributed by atoms with Crippen LogP contribution in [0.5, 0.6) is 0 Å². The van der Waals surface area contributed by atoms with Crippen molar-refractivity contribution >= 4 is 17.2 Å². The van der Waals surface area contributed by atoms with E-state index in [0.29, 0.717) is 4.88 Å². The molecular formula is C7H7NO3S. The van der Waals surface area contributed by atoms with E-state index >= 15 is 0 Å². The van der Waals surface area contributed by atoms with E-state index in [1.807, 2.05) is 0 Å². The zero-order chi connectivity index (χ0) is 8.97. The highest BCUT2D eigenvalue weighted by Crippen LogP contribution is 2.21. The largest absolute Gasteiger partial charge is 0.387 e. The average molecular weight is 185 g/mol. The summed E-state index contributed by atoms with van der Waals surface area (Å²) in [5, 5.41) is 13.3. The van der Waals surface area contributed by atoms with Crippen LogP contribution < -0.4 is 0 Å². The molecule has 64 valence electrons. The second-order valence-corrected chi connectivity index (χ2v) is 3.20. The van der Waals surface area contributed by atoms with Gasteiger partial charge in [0.1, 0.15) is 0 Å². The van der Waals surface area contributed by atoms with E-state index in [4.69, 9.17) is 0 Å². The smallest absolute Gasteiger partial charge is 0.289 e. The fourth-order valence-corrected chi connectivity index (χ4v) is 1.50. The first-order chi connectivity index (χ1) is 5.74. The van der Waals surface area contributed by atoms with Gasteiger partial charge < -0.3 is 5.11 Å². The van der Waals surface area contributed by atoms with Gasteiger partial charge in [0.25, 0.3) is 5.91 Å². The van der Waals surface area contributed by atoms with Gasteiger partial charge in [0.05, 0.1) is 12.5 Å². The van der Waals surface area contributed by atoms with E-state index in [1.54, 1.807) is 17.5 Å². The van der Waals surface area contributed by atoms with Gasteiger partial charge in [0, 0.05) is 10.1 Å². The van der Waals surface area contributed by atoms with Crippen molar-refractivity contribution in [2.75, 3.05) is 0 Å². The molecule has 1 amide bonds. The Hall–Kier alpha value is -1.07. The highest BCUT2D eigenvalue weighted by molar-refractivity contribution is 7.10. The Bertz CT molecular complexity index is 270. The molecule has 1 aromatic rings. The van der Waals surface area contributed by atoms with Crippen molar-refractivity contribution < 1.29 is 9.90 Å². The van der Waals surface area contributed by atoms with Crippen molar-refractivity contribution in [3.8, 4) is 0 Å². The molecule has 1 N–H and O–H groups in total. The van der Waals surface area contributed by atoms with Crippen LogP contribution in [0.1, 0.15) is 17.4 Å². The van der Waals surface area contributed by atoms with Crippen molar-refractivity contribution in [3.63, 3.8) is 0 Å². The Balaban J connectivity index is 2.55. The molecule has 12 heavy (non-hydrogen) atoms. The number of aliphatic hydroxyl groups is 1. The van der Waals surface area contributed by atoms with E-state index in [1.165, 1.54) is 11.3 Å². The maximum absolute atomic E-state index is 10.5. The summed E-state index contributed by atoms with van der Waals surface area (Å²) in [4.78, 5) is 20.9. The first kappa shape index (κ1) is 9.02. The molecule has 0 saturated carbocycles. The SMILES string of the molecule is O=NC(=O)CC(O)c1cccs1. The Labute approximate surface area is 72.8 Å². The number of carbonyl (C=O) groups is 1. The third-order valence-electron chi connectivity index (χ3n) is 1.34. The number of hydrogen-bond acceptors (Lipinski definition) is 4. The number of thiophene rings is 1. The van der Waals surface area contributed by atoms with E-state index < -0.39 is 12.0 Å². The van der Waals surface area contributed by atoms with Crippen molar-refractivity contribution in [2.24, 2.45) is 5.18 Å². The summed E-state index contributed by atoms with van der Waals surface area (Å²) >= 11 is 1.34. The van der Waals surface area contributed by atoms with Gasteiger partial charge in [-0.25, -0.2) is 0 Å². The monoisotopic (exact) mass is 185 g/mol. The van der Waals surface area contributed by atoms with Gasteiger partial charge in [-0.3, -0.25) is 4.79 Å². The van der Waals surface area contributed by atoms with E-state index in [9.17, 15) is 14.8 Å². The number of carbonyl (C=O) groups excluding carboxylic acids is 1. The van der Waals surface area contributed by atoms with Gasteiger partial charge in [0.15, 0.2) is 0 Å². The van der Waals surface area contributed by atoms with Crippen LogP contribution in [-0.4, -0.2) is 11.0 Å². The predicted octanol–water partition coefficient (Wildman–Crippen LogP) is 1.46. The summed E-state index contributed by atoms with van der Waals surface area (Å²) in [5.74, 6) is -0.823. The molecule has 1 aromatic heterocycles. The minimum Gasteiger partial charge on any atom is -0.387 e. The molecule has 0 fully saturated rings. The van der Waals surface area contributed by atoms with Crippen molar-refractivity contribution in [2.45, 2.75) is 12.5 Å². The van der Waals surface area contributed by atoms with Gasteiger partial charge in [-0.1, -0.05) is 6.07 Å². The molecule has 0 bridgehead atoms. The number of hydrogen-bond donors (Lipinski definition) is 1. The minimum absolute atomic E-state index is 0.232. The average Bonchev–Trinajstić information content (AvgIpc) is 2.56. The lowest BCUT2D eigenvalue weighted by molar-refractivity contribution is -0.119. The molecule has 1 unspecified atom stereocenters. The molecule has 1 atom stereocenters. The third-order valence-corrected chi connectivity index (χ3v) is 2.31. The maximum Gasteiger partial charge on any atom is 0.289 e. The van der Waals surface area contributed by atoms with Gasteiger partial charge in [0.2, 0.25) is 0 Å². The lowest BCUT2D eigenvalue weighted by atomic mass is 10.2. The summed E-state index contributed by atoms with van der Waals surface area (Å²) in [6.07, 6.45) is -1.13. The summed E-state index contributed by atoms with van der Waals surface area (Å²) in [6, 6.07) is 3.47. The zero-order valence-corrected chi connectivity index (χ0v) is 6.95. The van der Waals surface area contributed by atoms with Crippen molar-refractivity contribution in [3.05, 3.63) is 27.3 Å². The molecule has 0 aromatic carbocycles. The van der Waals surface area contributed by atoms with Crippen LogP contribution in [-0.2, 0) is 4.79 Å². The fraction of sp³-hybridized carbons (Fsp3) is 0.286. The molecule has 1 rings (SSSR count). The molecule has 4 nitrogen and oxygen atoms in total. The van der Waals surface area contributed by atoms with E-state index in [2.05, 4.69) is 5.18 Å². The molecule has 0 radical (unpaired) electrons. The Morgan fingerprint density at radius 1 is 1.75 bits per heavy atom. The highest BCUT2D eigenvalue weighted by atomic mass is 32.1. The topological polar surface area (TPSA) is 66.7 Å². The first-order valence-electron chi connectivity index (χ1n) is 3.31. The molecular weight excluding hydrogens is 178 g/mol. The standard InChI is InChI=1S/C7H7NO3S/c9-5(4-7(10)8-11)6-2-1-3-12-6/h1-3,5,9H,4H2. The highest BCUT2D eigenvalue weighted by Gasteiger charge is 2.13. The predicted molar refractivity (Wildman–Crippen MR) is 44.7 cm³/mol. The Morgan fingerprint density at radius 3 is 3.00 bits per heavy atom. The van der Waals surface area contributed by atoms with Crippen LogP contribution in [0.15, 0.2) is 22.7 Å². The molecule has 0 aliphatic heterocycles. The molecule has 0 spiro atoms. The Morgan fingerprint density at radius 2 is 2.50 bits per heavy atom. The summed E-state index contributed by atoms with van der Waals surface area (Å²) in [5.41, 5.74) is 0. The van der Waals surface area contributed by atoms with Crippen LogP contribution >= 0.6 is 11.3 Å². The van der Waals surface area contributed by atoms with Gasteiger partial charge in [-0.05, 0) is 11.4 Å². The Kier molecular flexibility index (Phi) is 3.07. The summed E-state index contributed by atoms with van der Waals surface area (Å²) in [6.45, 7) is 0. The number of nitrogens with zero attached hydrogens (tertiary/aromatic N) is 1. The van der Waals surface area contributed by atoms with Crippen LogP contribution in [0.4, 0.5) is 0 Å². The normalized spacial score (nSPS) is 12.4. The van der Waals surface area contributed by atoms with Crippen LogP contribution in [0.25, 0.3) is 0 Å².